The molecule has 5 nitrogen and oxygen atoms in total. The summed E-state index contributed by atoms with van der Waals surface area (Å²) in [7, 11) is -0.727. The van der Waals surface area contributed by atoms with Crippen LogP contribution in [0.2, 0.25) is 0 Å². The molecule has 11 heteroatoms. The molecule has 0 aliphatic carbocycles. The predicted molar refractivity (Wildman–Crippen MR) is 86.9 cm³/mol. The van der Waals surface area contributed by atoms with Crippen LogP contribution >= 0.6 is 15.9 Å². The van der Waals surface area contributed by atoms with Crippen molar-refractivity contribution in [1.82, 2.24) is 9.13 Å². The molecule has 1 unspecified atom stereocenters. The van der Waals surface area contributed by atoms with Gasteiger partial charge in [-0.15, -0.1) is 0 Å². The number of benzene rings is 1. The smallest absolute Gasteiger partial charge is 0.292 e. The normalized spacial score (nSPS) is 13.1. The fourth-order valence-corrected chi connectivity index (χ4v) is 3.83. The maximum atomic E-state index is 14.3. The highest BCUT2D eigenvalue weighted by atomic mass is 79.9. The van der Waals surface area contributed by atoms with Gasteiger partial charge in [-0.05, 0) is 28.1 Å². The second-order valence-corrected chi connectivity index (χ2v) is 7.47. The van der Waals surface area contributed by atoms with Crippen molar-refractivity contribution in [3.63, 3.8) is 0 Å². The molecule has 2 aromatic rings. The van der Waals surface area contributed by atoms with Gasteiger partial charge in [-0.1, -0.05) is 6.92 Å². The Hall–Kier alpha value is -1.75. The zero-order valence-corrected chi connectivity index (χ0v) is 15.3. The summed E-state index contributed by atoms with van der Waals surface area (Å²) in [4.78, 5) is 24.4. The quantitative estimate of drug-likeness (QED) is 0.686. The summed E-state index contributed by atoms with van der Waals surface area (Å²) in [5.41, 5.74) is -4.73. The molecule has 1 heterocycles. The van der Waals surface area contributed by atoms with Gasteiger partial charge < -0.3 is 0 Å². The first kappa shape index (κ1) is 19.6. The Balaban J connectivity index is 2.85. The second-order valence-electron chi connectivity index (χ2n) is 4.91. The molecule has 0 saturated heterocycles. The van der Waals surface area contributed by atoms with Gasteiger partial charge in [0.15, 0.2) is 0 Å². The molecule has 0 bridgehead atoms. The maximum absolute atomic E-state index is 14.3. The number of halogens is 5. The highest BCUT2D eigenvalue weighted by Crippen LogP contribution is 2.28. The van der Waals surface area contributed by atoms with Crippen molar-refractivity contribution in [2.24, 2.45) is 7.05 Å². The molecule has 0 radical (unpaired) electrons. The minimum atomic E-state index is -4.92. The molecule has 0 amide bonds. The van der Waals surface area contributed by atoms with Gasteiger partial charge >= 0.3 is 11.9 Å². The summed E-state index contributed by atoms with van der Waals surface area (Å²) in [6, 6.07) is 2.12. The van der Waals surface area contributed by atoms with E-state index in [2.05, 4.69) is 15.9 Å². The topological polar surface area (TPSA) is 61.1 Å². The van der Waals surface area contributed by atoms with Crippen molar-refractivity contribution in [2.45, 2.75) is 18.0 Å². The van der Waals surface area contributed by atoms with Crippen LogP contribution in [0.15, 0.2) is 37.2 Å². The van der Waals surface area contributed by atoms with Gasteiger partial charge in [0, 0.05) is 23.3 Å². The van der Waals surface area contributed by atoms with Gasteiger partial charge in [-0.3, -0.25) is 13.6 Å². The van der Waals surface area contributed by atoms with E-state index in [-0.39, 0.29) is 30.3 Å². The molecule has 25 heavy (non-hydrogen) atoms. The molecule has 1 atom stereocenters. The molecule has 1 aromatic heterocycles. The van der Waals surface area contributed by atoms with E-state index >= 15 is 0 Å². The molecule has 0 aliphatic rings. The molecule has 136 valence electrons. The van der Waals surface area contributed by atoms with Crippen LogP contribution in [0.5, 0.6) is 0 Å². The maximum Gasteiger partial charge on any atom is 0.431 e. The van der Waals surface area contributed by atoms with Crippen molar-refractivity contribution < 1.29 is 21.8 Å². The molecule has 0 spiro atoms. The van der Waals surface area contributed by atoms with Crippen LogP contribution in [-0.4, -0.2) is 19.1 Å². The Morgan fingerprint density at radius 2 is 1.80 bits per heavy atom. The molecule has 0 aliphatic heterocycles. The Labute approximate surface area is 149 Å². The zero-order chi connectivity index (χ0) is 19.1. The number of alkyl halides is 3. The van der Waals surface area contributed by atoms with Crippen molar-refractivity contribution in [1.29, 1.82) is 0 Å². The summed E-state index contributed by atoms with van der Waals surface area (Å²) >= 11 is 3.03. The van der Waals surface area contributed by atoms with Crippen LogP contribution < -0.4 is 11.2 Å². The van der Waals surface area contributed by atoms with Gasteiger partial charge in [0.2, 0.25) is 0 Å². The first-order chi connectivity index (χ1) is 11.5. The lowest BCUT2D eigenvalue weighted by molar-refractivity contribution is -0.144. The lowest BCUT2D eigenvalue weighted by Gasteiger charge is -2.15. The van der Waals surface area contributed by atoms with Crippen LogP contribution in [-0.2, 0) is 24.0 Å². The molecular weight excluding hydrogens is 432 g/mol. The van der Waals surface area contributed by atoms with Gasteiger partial charge in [-0.2, -0.15) is 13.2 Å². The lowest BCUT2D eigenvalue weighted by Crippen LogP contribution is -2.41. The van der Waals surface area contributed by atoms with E-state index in [0.29, 0.717) is 0 Å². The molecule has 2 rings (SSSR count). The summed E-state index contributed by atoms with van der Waals surface area (Å²) in [5.74, 6) is -0.841. The van der Waals surface area contributed by atoms with Crippen LogP contribution in [0.1, 0.15) is 12.6 Å². The summed E-state index contributed by atoms with van der Waals surface area (Å²) in [5, 5.41) is 0. The van der Waals surface area contributed by atoms with Gasteiger partial charge in [0.25, 0.3) is 5.56 Å². The standard InChI is InChI=1S/C14H11BrF4N2O3S/c1-3-25(24)10-5-9(8(16)4-7(10)15)21-12(22)6-11(14(17,18)19)20(2)13(21)23/h4-6H,3H2,1-2H3. The number of rotatable bonds is 3. The second kappa shape index (κ2) is 6.87. The highest BCUT2D eigenvalue weighted by molar-refractivity contribution is 9.10. The van der Waals surface area contributed by atoms with E-state index in [1.165, 1.54) is 0 Å². The van der Waals surface area contributed by atoms with Crippen LogP contribution in [0, 0.1) is 5.82 Å². The van der Waals surface area contributed by atoms with E-state index in [1.807, 2.05) is 0 Å². The first-order valence-electron chi connectivity index (χ1n) is 6.77. The summed E-state index contributed by atoms with van der Waals surface area (Å²) in [6.07, 6.45) is -4.92. The van der Waals surface area contributed by atoms with Crippen molar-refractivity contribution >= 4 is 26.7 Å². The minimum absolute atomic E-state index is 0.118. The summed E-state index contributed by atoms with van der Waals surface area (Å²) < 4.78 is 65.5. The number of nitrogens with zero attached hydrogens (tertiary/aromatic N) is 2. The van der Waals surface area contributed by atoms with E-state index in [4.69, 9.17) is 0 Å². The number of hydrogen-bond donors (Lipinski definition) is 0. The van der Waals surface area contributed by atoms with E-state index in [0.717, 1.165) is 19.2 Å². The highest BCUT2D eigenvalue weighted by Gasteiger charge is 2.35. The van der Waals surface area contributed by atoms with Crippen molar-refractivity contribution in [3.8, 4) is 5.69 Å². The van der Waals surface area contributed by atoms with Crippen molar-refractivity contribution in [2.75, 3.05) is 5.75 Å². The Morgan fingerprint density at radius 3 is 2.32 bits per heavy atom. The molecule has 0 fully saturated rings. The third-order valence-electron chi connectivity index (χ3n) is 3.36. The average Bonchev–Trinajstić information content (AvgIpc) is 2.51. The third kappa shape index (κ3) is 3.61. The van der Waals surface area contributed by atoms with Crippen LogP contribution in [0.25, 0.3) is 5.69 Å². The van der Waals surface area contributed by atoms with E-state index < -0.39 is 45.4 Å². The van der Waals surface area contributed by atoms with Gasteiger partial charge in [0.05, 0.1) is 21.4 Å². The zero-order valence-electron chi connectivity index (χ0n) is 12.9. The fraction of sp³-hybridized carbons (Fsp3) is 0.286. The van der Waals surface area contributed by atoms with Gasteiger partial charge in [-0.25, -0.2) is 13.8 Å². The summed E-state index contributed by atoms with van der Waals surface area (Å²) in [6.45, 7) is 1.61. The Kier molecular flexibility index (Phi) is 5.38. The number of aromatic nitrogens is 2. The SMILES string of the molecule is CCS(=O)c1cc(-n2c(=O)cc(C(F)(F)F)n(C)c2=O)c(F)cc1Br. The Bertz CT molecular complexity index is 982. The molecule has 0 N–H and O–H groups in total. The number of hydrogen-bond acceptors (Lipinski definition) is 3. The van der Waals surface area contributed by atoms with Crippen LogP contribution in [0.3, 0.4) is 0 Å². The van der Waals surface area contributed by atoms with Gasteiger partial charge in [0.1, 0.15) is 11.5 Å². The largest absolute Gasteiger partial charge is 0.431 e. The van der Waals surface area contributed by atoms with Crippen molar-refractivity contribution in [3.05, 3.63) is 55.0 Å². The monoisotopic (exact) mass is 442 g/mol. The average molecular weight is 443 g/mol. The molecular formula is C14H11BrF4N2O3S. The Morgan fingerprint density at radius 1 is 1.20 bits per heavy atom. The van der Waals surface area contributed by atoms with E-state index in [9.17, 15) is 31.4 Å². The molecule has 0 saturated carbocycles. The third-order valence-corrected chi connectivity index (χ3v) is 5.63. The molecule has 1 aromatic carbocycles. The predicted octanol–water partition coefficient (Wildman–Crippen LogP) is 2.58. The van der Waals surface area contributed by atoms with Crippen LogP contribution in [0.4, 0.5) is 17.6 Å². The van der Waals surface area contributed by atoms with E-state index in [1.54, 1.807) is 6.92 Å². The first-order valence-corrected chi connectivity index (χ1v) is 8.88. The minimum Gasteiger partial charge on any atom is -0.292 e. The fourth-order valence-electron chi connectivity index (χ4n) is 2.14. The lowest BCUT2D eigenvalue weighted by atomic mass is 10.3.